The number of fused-ring (bicyclic) bond motifs is 1. The van der Waals surface area contributed by atoms with Crippen LogP contribution in [0.15, 0.2) is 23.3 Å². The number of aromatic hydroxyl groups is 1. The van der Waals surface area contributed by atoms with Crippen molar-refractivity contribution in [3.8, 4) is 5.75 Å². The summed E-state index contributed by atoms with van der Waals surface area (Å²) in [5.74, 6) is 0.973. The van der Waals surface area contributed by atoms with Crippen LogP contribution in [0.1, 0.15) is 42.9 Å². The van der Waals surface area contributed by atoms with E-state index in [0.29, 0.717) is 17.7 Å². The first-order valence-corrected chi connectivity index (χ1v) is 8.33. The zero-order valence-electron chi connectivity index (χ0n) is 13.9. The van der Waals surface area contributed by atoms with Crippen molar-refractivity contribution in [2.75, 3.05) is 27.7 Å². The zero-order chi connectivity index (χ0) is 15.7. The molecule has 4 nitrogen and oxygen atoms in total. The van der Waals surface area contributed by atoms with E-state index in [4.69, 9.17) is 5.10 Å². The predicted molar refractivity (Wildman–Crippen MR) is 90.3 cm³/mol. The maximum atomic E-state index is 10.1. The molecule has 0 bridgehead atoms. The highest BCUT2D eigenvalue weighted by molar-refractivity contribution is 5.89. The molecule has 4 heteroatoms. The molecular weight excluding hydrogens is 274 g/mol. The van der Waals surface area contributed by atoms with Crippen molar-refractivity contribution < 1.29 is 5.11 Å². The Balaban J connectivity index is 1.84. The van der Waals surface area contributed by atoms with Gasteiger partial charge in [-0.1, -0.05) is 12.5 Å². The molecule has 1 aromatic carbocycles. The Labute approximate surface area is 133 Å². The molecule has 1 heterocycles. The summed E-state index contributed by atoms with van der Waals surface area (Å²) in [7, 11) is 6.21. The Bertz CT molecular complexity index is 567. The molecule has 120 valence electrons. The molecule has 1 aliphatic carbocycles. The van der Waals surface area contributed by atoms with Crippen LogP contribution in [-0.2, 0) is 6.42 Å². The minimum atomic E-state index is 0.342. The lowest BCUT2D eigenvalue weighted by atomic mass is 9.80. The van der Waals surface area contributed by atoms with Gasteiger partial charge in [-0.2, -0.15) is 5.10 Å². The van der Waals surface area contributed by atoms with Crippen LogP contribution in [0, 0.1) is 5.92 Å². The highest BCUT2D eigenvalue weighted by atomic mass is 16.3. The first-order chi connectivity index (χ1) is 10.6. The van der Waals surface area contributed by atoms with Crippen LogP contribution >= 0.6 is 0 Å². The number of hydrogen-bond donors (Lipinski definition) is 1. The van der Waals surface area contributed by atoms with E-state index in [0.717, 1.165) is 24.9 Å². The van der Waals surface area contributed by atoms with E-state index in [-0.39, 0.29) is 0 Å². The summed E-state index contributed by atoms with van der Waals surface area (Å²) in [6.45, 7) is 0.947. The van der Waals surface area contributed by atoms with Gasteiger partial charge in [0, 0.05) is 25.2 Å². The van der Waals surface area contributed by atoms with Gasteiger partial charge in [-0.15, -0.1) is 0 Å². The maximum Gasteiger partial charge on any atom is 0.118 e. The summed E-state index contributed by atoms with van der Waals surface area (Å²) in [5, 5.41) is 17.0. The lowest BCUT2D eigenvalue weighted by Gasteiger charge is -2.28. The number of phenolic OH excluding ortho intramolecular Hbond substituents is 1. The van der Waals surface area contributed by atoms with Crippen LogP contribution in [0.25, 0.3) is 0 Å². The van der Waals surface area contributed by atoms with Crippen molar-refractivity contribution in [3.63, 3.8) is 0 Å². The smallest absolute Gasteiger partial charge is 0.118 e. The van der Waals surface area contributed by atoms with Crippen molar-refractivity contribution in [2.24, 2.45) is 11.0 Å². The average molecular weight is 301 g/mol. The lowest BCUT2D eigenvalue weighted by Crippen LogP contribution is -2.25. The third-order valence-electron chi connectivity index (χ3n) is 4.97. The van der Waals surface area contributed by atoms with Crippen molar-refractivity contribution in [3.05, 3.63) is 29.3 Å². The minimum absolute atomic E-state index is 0.342. The molecule has 2 aliphatic rings. The van der Waals surface area contributed by atoms with Crippen molar-refractivity contribution in [1.29, 1.82) is 0 Å². The lowest BCUT2D eigenvalue weighted by molar-refractivity contribution is 0.240. The van der Waals surface area contributed by atoms with Crippen LogP contribution in [0.5, 0.6) is 5.75 Å². The summed E-state index contributed by atoms with van der Waals surface area (Å²) in [6.07, 6.45) is 5.85. The van der Waals surface area contributed by atoms with Crippen LogP contribution in [-0.4, -0.2) is 48.4 Å². The highest BCUT2D eigenvalue weighted by Gasteiger charge is 2.37. The Kier molecular flexibility index (Phi) is 4.39. The highest BCUT2D eigenvalue weighted by Crippen LogP contribution is 2.42. The molecular formula is C18H27N3O. The molecule has 2 atom stereocenters. The van der Waals surface area contributed by atoms with Crippen molar-refractivity contribution in [1.82, 2.24) is 9.91 Å². The summed E-state index contributed by atoms with van der Waals surface area (Å²) >= 11 is 0. The van der Waals surface area contributed by atoms with E-state index in [9.17, 15) is 5.11 Å². The van der Waals surface area contributed by atoms with Crippen LogP contribution in [0.2, 0.25) is 0 Å². The standard InChI is InChI=1S/C18H27N3O/c1-20(2)11-10-13-12-14(8-9-17(13)22)18-15-6-4-5-7-16(15)19-21(18)3/h8-9,12,15,18,22H,4-7,10-11H2,1-3H3. The summed E-state index contributed by atoms with van der Waals surface area (Å²) in [5.41, 5.74) is 3.71. The van der Waals surface area contributed by atoms with E-state index in [1.807, 2.05) is 6.07 Å². The number of hydrazone groups is 1. The van der Waals surface area contributed by atoms with Gasteiger partial charge in [-0.3, -0.25) is 5.01 Å². The van der Waals surface area contributed by atoms with Crippen LogP contribution < -0.4 is 0 Å². The molecule has 1 fully saturated rings. The Morgan fingerprint density at radius 1 is 1.32 bits per heavy atom. The molecule has 22 heavy (non-hydrogen) atoms. The first-order valence-electron chi connectivity index (χ1n) is 8.33. The Morgan fingerprint density at radius 3 is 2.91 bits per heavy atom. The van der Waals surface area contributed by atoms with Crippen molar-refractivity contribution in [2.45, 2.75) is 38.1 Å². The fraction of sp³-hybridized carbons (Fsp3) is 0.611. The molecule has 0 spiro atoms. The molecule has 1 N–H and O–H groups in total. The van der Waals surface area contributed by atoms with Gasteiger partial charge in [0.15, 0.2) is 0 Å². The zero-order valence-corrected chi connectivity index (χ0v) is 13.9. The van der Waals surface area contributed by atoms with E-state index in [1.54, 1.807) is 0 Å². The molecule has 1 saturated carbocycles. The van der Waals surface area contributed by atoms with E-state index in [1.165, 1.54) is 30.5 Å². The number of hydrogen-bond acceptors (Lipinski definition) is 4. The second-order valence-corrected chi connectivity index (χ2v) is 6.90. The summed E-state index contributed by atoms with van der Waals surface area (Å²) in [6, 6.07) is 6.46. The topological polar surface area (TPSA) is 39.1 Å². The second-order valence-electron chi connectivity index (χ2n) is 6.90. The van der Waals surface area contributed by atoms with Crippen LogP contribution in [0.3, 0.4) is 0 Å². The third kappa shape index (κ3) is 2.98. The van der Waals surface area contributed by atoms with Gasteiger partial charge in [-0.25, -0.2) is 0 Å². The molecule has 2 unspecified atom stereocenters. The Morgan fingerprint density at radius 2 is 2.14 bits per heavy atom. The summed E-state index contributed by atoms with van der Waals surface area (Å²) < 4.78 is 0. The molecule has 3 rings (SSSR count). The van der Waals surface area contributed by atoms with Crippen LogP contribution in [0.4, 0.5) is 0 Å². The van der Waals surface area contributed by atoms with Gasteiger partial charge in [0.1, 0.15) is 5.75 Å². The van der Waals surface area contributed by atoms with Gasteiger partial charge in [0.05, 0.1) is 6.04 Å². The van der Waals surface area contributed by atoms with E-state index >= 15 is 0 Å². The molecule has 0 saturated heterocycles. The average Bonchev–Trinajstić information content (AvgIpc) is 2.82. The normalized spacial score (nSPS) is 24.5. The van der Waals surface area contributed by atoms with Gasteiger partial charge in [0.2, 0.25) is 0 Å². The maximum absolute atomic E-state index is 10.1. The van der Waals surface area contributed by atoms with Crippen molar-refractivity contribution >= 4 is 5.71 Å². The predicted octanol–water partition coefficient (Wildman–Crippen LogP) is 3.03. The monoisotopic (exact) mass is 301 g/mol. The van der Waals surface area contributed by atoms with Gasteiger partial charge < -0.3 is 10.0 Å². The fourth-order valence-corrected chi connectivity index (χ4v) is 3.79. The molecule has 0 aromatic heterocycles. The largest absolute Gasteiger partial charge is 0.508 e. The van der Waals surface area contributed by atoms with E-state index < -0.39 is 0 Å². The summed E-state index contributed by atoms with van der Waals surface area (Å²) in [4.78, 5) is 2.15. The molecule has 0 amide bonds. The van der Waals surface area contributed by atoms with Gasteiger partial charge in [-0.05, 0) is 63.0 Å². The number of rotatable bonds is 4. The number of benzene rings is 1. The van der Waals surface area contributed by atoms with Gasteiger partial charge in [0.25, 0.3) is 0 Å². The first kappa shape index (κ1) is 15.3. The number of nitrogens with zero attached hydrogens (tertiary/aromatic N) is 3. The third-order valence-corrected chi connectivity index (χ3v) is 4.97. The van der Waals surface area contributed by atoms with Gasteiger partial charge >= 0.3 is 0 Å². The Hall–Kier alpha value is -1.55. The molecule has 0 radical (unpaired) electrons. The molecule has 1 aliphatic heterocycles. The SMILES string of the molecule is CN(C)CCc1cc(C2C3CCCCC3=NN2C)ccc1O. The number of likely N-dealkylation sites (N-methyl/N-ethyl adjacent to an activating group) is 1. The van der Waals surface area contributed by atoms with E-state index in [2.05, 4.69) is 43.2 Å². The molecule has 1 aromatic rings. The fourth-order valence-electron chi connectivity index (χ4n) is 3.79. The quantitative estimate of drug-likeness (QED) is 0.929. The minimum Gasteiger partial charge on any atom is -0.508 e. The second kappa shape index (κ2) is 6.29. The number of phenols is 1.